The largest absolute Gasteiger partial charge is 0.497 e. The Morgan fingerprint density at radius 1 is 1.14 bits per heavy atom. The van der Waals surface area contributed by atoms with Crippen LogP contribution in [-0.4, -0.2) is 36.2 Å². The van der Waals surface area contributed by atoms with Gasteiger partial charge in [-0.1, -0.05) is 23.7 Å². The van der Waals surface area contributed by atoms with Gasteiger partial charge in [0.05, 0.1) is 12.9 Å². The van der Waals surface area contributed by atoms with Gasteiger partial charge in [-0.15, -0.1) is 11.8 Å². The van der Waals surface area contributed by atoms with Crippen molar-refractivity contribution in [2.24, 2.45) is 0 Å². The van der Waals surface area contributed by atoms with Crippen LogP contribution in [0.15, 0.2) is 48.5 Å². The van der Waals surface area contributed by atoms with Gasteiger partial charge in [0, 0.05) is 10.7 Å². The van der Waals surface area contributed by atoms with Crippen molar-refractivity contribution < 1.29 is 14.3 Å². The minimum absolute atomic E-state index is 0.120. The summed E-state index contributed by atoms with van der Waals surface area (Å²) in [6.45, 7) is 0. The quantitative estimate of drug-likeness (QED) is 0.548. The van der Waals surface area contributed by atoms with E-state index in [1.165, 1.54) is 11.8 Å². The fourth-order valence-corrected chi connectivity index (χ4v) is 3.49. The molecule has 1 aliphatic heterocycles. The Morgan fingerprint density at radius 3 is 2.50 bits per heavy atom. The smallest absolute Gasteiger partial charge is 0.240 e. The zero-order valence-electron chi connectivity index (χ0n) is 15.2. The highest BCUT2D eigenvalue weighted by atomic mass is 35.5. The molecule has 0 aromatic heterocycles. The maximum absolute atomic E-state index is 12.3. The molecule has 7 nitrogen and oxygen atoms in total. The van der Waals surface area contributed by atoms with Gasteiger partial charge in [0.15, 0.2) is 0 Å². The first-order valence-corrected chi connectivity index (χ1v) is 10.1. The van der Waals surface area contributed by atoms with Gasteiger partial charge in [-0.25, -0.2) is 10.9 Å². The number of rotatable bonds is 7. The van der Waals surface area contributed by atoms with E-state index < -0.39 is 11.5 Å². The number of hydrazine groups is 1. The number of nitrogens with one attached hydrogen (secondary N) is 4. The Labute approximate surface area is 172 Å². The van der Waals surface area contributed by atoms with Gasteiger partial charge in [0.25, 0.3) is 0 Å². The molecule has 148 valence electrons. The lowest BCUT2D eigenvalue weighted by Gasteiger charge is -2.31. The molecule has 0 radical (unpaired) electrons. The summed E-state index contributed by atoms with van der Waals surface area (Å²) in [7, 11) is 1.61. The van der Waals surface area contributed by atoms with Crippen molar-refractivity contribution in [2.75, 3.05) is 18.2 Å². The van der Waals surface area contributed by atoms with Crippen molar-refractivity contribution in [1.29, 1.82) is 0 Å². The highest BCUT2D eigenvalue weighted by molar-refractivity contribution is 8.00. The molecule has 1 saturated heterocycles. The van der Waals surface area contributed by atoms with E-state index in [9.17, 15) is 9.59 Å². The van der Waals surface area contributed by atoms with E-state index in [-0.39, 0.29) is 17.6 Å². The average molecular weight is 421 g/mol. The van der Waals surface area contributed by atoms with Gasteiger partial charge in [0.1, 0.15) is 17.3 Å². The number of anilines is 1. The molecule has 2 aromatic rings. The second-order valence-corrected chi connectivity index (χ2v) is 7.68. The molecule has 1 heterocycles. The molecule has 1 fully saturated rings. The summed E-state index contributed by atoms with van der Waals surface area (Å²) in [6, 6.07) is 14.1. The standard InChI is InChI=1S/C19H21ClN4O3S/c1-27-15-8-2-12(3-9-15)10-16-18(26)22-19(24-23-16)28-11-17(25)21-14-6-4-13(20)5-7-14/h2-9,16,19,23-24H,10-11H2,1H3,(H,21,25)(H,22,26). The molecule has 28 heavy (non-hydrogen) atoms. The van der Waals surface area contributed by atoms with Gasteiger partial charge in [-0.05, 0) is 48.4 Å². The van der Waals surface area contributed by atoms with Crippen molar-refractivity contribution in [3.8, 4) is 5.75 Å². The fraction of sp³-hybridized carbons (Fsp3) is 0.263. The number of carbonyl (C=O) groups is 2. The highest BCUT2D eigenvalue weighted by Crippen LogP contribution is 2.16. The van der Waals surface area contributed by atoms with Crippen LogP contribution in [0.3, 0.4) is 0 Å². The predicted octanol–water partition coefficient (Wildman–Crippen LogP) is 2.14. The number of thioether (sulfide) groups is 1. The molecule has 2 atom stereocenters. The summed E-state index contributed by atoms with van der Waals surface area (Å²) >= 11 is 7.11. The lowest BCUT2D eigenvalue weighted by atomic mass is 10.1. The number of carbonyl (C=O) groups excluding carboxylic acids is 2. The van der Waals surface area contributed by atoms with Crippen LogP contribution in [0, 0.1) is 0 Å². The molecule has 0 saturated carbocycles. The molecular formula is C19H21ClN4O3S. The van der Waals surface area contributed by atoms with E-state index in [1.54, 1.807) is 31.4 Å². The van der Waals surface area contributed by atoms with Crippen molar-refractivity contribution >= 4 is 40.9 Å². The Morgan fingerprint density at radius 2 is 1.86 bits per heavy atom. The Kier molecular flexibility index (Phi) is 7.16. The Balaban J connectivity index is 1.42. The first-order chi connectivity index (χ1) is 13.5. The third-order valence-electron chi connectivity index (χ3n) is 4.09. The first kappa shape index (κ1) is 20.5. The van der Waals surface area contributed by atoms with Gasteiger partial charge in [-0.3, -0.25) is 9.59 Å². The zero-order chi connectivity index (χ0) is 19.9. The Hall–Kier alpha value is -2.26. The van der Waals surface area contributed by atoms with Crippen molar-refractivity contribution in [2.45, 2.75) is 18.0 Å². The van der Waals surface area contributed by atoms with E-state index in [0.29, 0.717) is 17.1 Å². The summed E-state index contributed by atoms with van der Waals surface area (Å²) < 4.78 is 5.13. The normalized spacial score (nSPS) is 19.0. The minimum atomic E-state index is -0.395. The summed E-state index contributed by atoms with van der Waals surface area (Å²) in [5, 5.41) is 6.25. The van der Waals surface area contributed by atoms with E-state index >= 15 is 0 Å². The van der Waals surface area contributed by atoms with E-state index in [1.807, 2.05) is 24.3 Å². The van der Waals surface area contributed by atoms with Crippen molar-refractivity contribution in [3.05, 3.63) is 59.1 Å². The number of hydrogen-bond acceptors (Lipinski definition) is 6. The summed E-state index contributed by atoms with van der Waals surface area (Å²) in [4.78, 5) is 24.4. The molecule has 4 N–H and O–H groups in total. The molecule has 2 aromatic carbocycles. The fourth-order valence-electron chi connectivity index (χ4n) is 2.62. The van der Waals surface area contributed by atoms with Crippen LogP contribution >= 0.6 is 23.4 Å². The SMILES string of the molecule is COc1ccc(CC2NNC(SCC(=O)Nc3ccc(Cl)cc3)NC2=O)cc1. The van der Waals surface area contributed by atoms with Crippen LogP contribution in [0.4, 0.5) is 5.69 Å². The molecule has 2 amide bonds. The zero-order valence-corrected chi connectivity index (χ0v) is 16.8. The topological polar surface area (TPSA) is 91.5 Å². The summed E-state index contributed by atoms with van der Waals surface area (Å²) in [6.07, 6.45) is 0.539. The maximum Gasteiger partial charge on any atom is 0.240 e. The molecule has 3 rings (SSSR count). The van der Waals surface area contributed by atoms with Gasteiger partial charge in [-0.2, -0.15) is 0 Å². The lowest BCUT2D eigenvalue weighted by Crippen LogP contribution is -2.64. The second-order valence-electron chi connectivity index (χ2n) is 6.15. The van der Waals surface area contributed by atoms with Crippen LogP contribution in [0.5, 0.6) is 5.75 Å². The van der Waals surface area contributed by atoms with E-state index in [4.69, 9.17) is 16.3 Å². The van der Waals surface area contributed by atoms with Crippen molar-refractivity contribution in [3.63, 3.8) is 0 Å². The van der Waals surface area contributed by atoms with Gasteiger partial charge >= 0.3 is 0 Å². The monoisotopic (exact) mass is 420 g/mol. The predicted molar refractivity (Wildman–Crippen MR) is 111 cm³/mol. The number of hydrogen-bond donors (Lipinski definition) is 4. The van der Waals surface area contributed by atoms with E-state index in [2.05, 4.69) is 21.5 Å². The molecular weight excluding hydrogens is 400 g/mol. The minimum Gasteiger partial charge on any atom is -0.497 e. The molecule has 0 bridgehead atoms. The van der Waals surface area contributed by atoms with Crippen LogP contribution in [0.25, 0.3) is 0 Å². The molecule has 0 aliphatic carbocycles. The van der Waals surface area contributed by atoms with Crippen LogP contribution in [0.2, 0.25) is 5.02 Å². The van der Waals surface area contributed by atoms with Crippen LogP contribution in [-0.2, 0) is 16.0 Å². The number of benzene rings is 2. The maximum atomic E-state index is 12.3. The first-order valence-electron chi connectivity index (χ1n) is 8.65. The van der Waals surface area contributed by atoms with Gasteiger partial charge in [0.2, 0.25) is 11.8 Å². The Bertz CT molecular complexity index is 817. The molecule has 2 unspecified atom stereocenters. The molecule has 1 aliphatic rings. The second kappa shape index (κ2) is 9.79. The number of amides is 2. The van der Waals surface area contributed by atoms with Crippen molar-refractivity contribution in [1.82, 2.24) is 16.2 Å². The third kappa shape index (κ3) is 5.87. The van der Waals surface area contributed by atoms with Crippen LogP contribution < -0.4 is 26.2 Å². The summed E-state index contributed by atoms with van der Waals surface area (Å²) in [5.41, 5.74) is 7.34. The average Bonchev–Trinajstić information content (AvgIpc) is 2.70. The summed E-state index contributed by atoms with van der Waals surface area (Å²) in [5.74, 6) is 0.677. The number of methoxy groups -OCH3 is 1. The molecule has 0 spiro atoms. The third-order valence-corrected chi connectivity index (χ3v) is 5.34. The highest BCUT2D eigenvalue weighted by Gasteiger charge is 2.27. The van der Waals surface area contributed by atoms with Crippen LogP contribution in [0.1, 0.15) is 5.56 Å². The number of ether oxygens (including phenoxy) is 1. The molecule has 9 heteroatoms. The van der Waals surface area contributed by atoms with E-state index in [0.717, 1.165) is 11.3 Å². The number of halogens is 1. The lowest BCUT2D eigenvalue weighted by molar-refractivity contribution is -0.125. The van der Waals surface area contributed by atoms with Gasteiger partial charge < -0.3 is 15.4 Å².